The maximum Gasteiger partial charge on any atom is 0.256 e. The van der Waals surface area contributed by atoms with E-state index in [0.717, 1.165) is 5.56 Å². The van der Waals surface area contributed by atoms with Gasteiger partial charge in [-0.05, 0) is 29.8 Å². The summed E-state index contributed by atoms with van der Waals surface area (Å²) in [7, 11) is 0. The van der Waals surface area contributed by atoms with Gasteiger partial charge in [-0.3, -0.25) is 4.79 Å². The lowest BCUT2D eigenvalue weighted by molar-refractivity contribution is 0.102. The van der Waals surface area contributed by atoms with Gasteiger partial charge in [0.1, 0.15) is 5.82 Å². The molecule has 1 heterocycles. The molecular formula is C13H12Cl2N2O. The summed E-state index contributed by atoms with van der Waals surface area (Å²) < 4.78 is 0. The molecule has 5 heteroatoms. The Morgan fingerprint density at radius 2 is 1.89 bits per heavy atom. The second kappa shape index (κ2) is 6.99. The van der Waals surface area contributed by atoms with Crippen LogP contribution in [0.4, 0.5) is 5.82 Å². The summed E-state index contributed by atoms with van der Waals surface area (Å²) in [5.41, 5.74) is 1.57. The number of nitrogens with zero attached hydrogens (tertiary/aromatic N) is 1. The first kappa shape index (κ1) is 14.5. The van der Waals surface area contributed by atoms with E-state index in [2.05, 4.69) is 10.3 Å². The van der Waals surface area contributed by atoms with Gasteiger partial charge >= 0.3 is 0 Å². The Labute approximate surface area is 117 Å². The molecule has 0 aliphatic heterocycles. The van der Waals surface area contributed by atoms with Gasteiger partial charge < -0.3 is 5.32 Å². The molecule has 0 atom stereocenters. The van der Waals surface area contributed by atoms with Crippen LogP contribution in [0.1, 0.15) is 15.9 Å². The number of nitrogens with one attached hydrogen (secondary N) is 1. The Morgan fingerprint density at radius 3 is 2.44 bits per heavy atom. The molecule has 0 unspecified atom stereocenters. The number of alkyl halides is 1. The third kappa shape index (κ3) is 3.72. The highest BCUT2D eigenvalue weighted by atomic mass is 35.5. The van der Waals surface area contributed by atoms with Crippen LogP contribution in [0.25, 0.3) is 0 Å². The quantitative estimate of drug-likeness (QED) is 0.876. The molecule has 0 spiro atoms. The zero-order valence-corrected chi connectivity index (χ0v) is 11.0. The summed E-state index contributed by atoms with van der Waals surface area (Å²) in [6.45, 7) is 0. The first-order chi connectivity index (χ1) is 8.29. The van der Waals surface area contributed by atoms with E-state index in [1.165, 1.54) is 0 Å². The van der Waals surface area contributed by atoms with Gasteiger partial charge in [-0.25, -0.2) is 4.98 Å². The van der Waals surface area contributed by atoms with E-state index in [4.69, 9.17) is 11.6 Å². The standard InChI is InChI=1S/C13H11ClN2O.ClH/c14-9-10-4-6-11(7-5-10)13(17)16-12-3-1-2-8-15-12;/h1-8H,9H2,(H,15,16,17);1H. The summed E-state index contributed by atoms with van der Waals surface area (Å²) in [4.78, 5) is 15.9. The maximum atomic E-state index is 11.8. The second-order valence-corrected chi connectivity index (χ2v) is 3.77. The molecule has 3 nitrogen and oxygen atoms in total. The number of anilines is 1. The number of halogens is 2. The topological polar surface area (TPSA) is 42.0 Å². The molecule has 1 N–H and O–H groups in total. The minimum absolute atomic E-state index is 0. The van der Waals surface area contributed by atoms with Crippen molar-refractivity contribution in [3.63, 3.8) is 0 Å². The fraction of sp³-hybridized carbons (Fsp3) is 0.0769. The zero-order chi connectivity index (χ0) is 12.1. The van der Waals surface area contributed by atoms with Crippen LogP contribution in [-0.2, 0) is 5.88 Å². The monoisotopic (exact) mass is 282 g/mol. The molecule has 0 fully saturated rings. The molecule has 0 aliphatic rings. The molecule has 2 aromatic rings. The number of benzene rings is 1. The van der Waals surface area contributed by atoms with Crippen molar-refractivity contribution >= 4 is 35.7 Å². The van der Waals surface area contributed by atoms with Gasteiger partial charge in [0.2, 0.25) is 0 Å². The third-order valence-corrected chi connectivity index (χ3v) is 2.59. The van der Waals surface area contributed by atoms with Gasteiger partial charge in [-0.15, -0.1) is 24.0 Å². The lowest BCUT2D eigenvalue weighted by Gasteiger charge is -2.04. The van der Waals surface area contributed by atoms with Crippen molar-refractivity contribution in [2.75, 3.05) is 5.32 Å². The molecule has 0 bridgehead atoms. The number of aromatic nitrogens is 1. The van der Waals surface area contributed by atoms with Gasteiger partial charge in [-0.2, -0.15) is 0 Å². The lowest BCUT2D eigenvalue weighted by atomic mass is 10.1. The Bertz CT molecular complexity index is 500. The van der Waals surface area contributed by atoms with Crippen molar-refractivity contribution in [2.45, 2.75) is 5.88 Å². The van der Waals surface area contributed by atoms with Crippen molar-refractivity contribution in [1.82, 2.24) is 4.98 Å². The maximum absolute atomic E-state index is 11.8. The Morgan fingerprint density at radius 1 is 1.17 bits per heavy atom. The number of pyridine rings is 1. The molecule has 1 aromatic carbocycles. The fourth-order valence-electron chi connectivity index (χ4n) is 1.37. The molecule has 1 aromatic heterocycles. The number of hydrogen-bond donors (Lipinski definition) is 1. The summed E-state index contributed by atoms with van der Waals surface area (Å²) in [6, 6.07) is 12.5. The first-order valence-corrected chi connectivity index (χ1v) is 5.70. The van der Waals surface area contributed by atoms with Crippen LogP contribution in [0.3, 0.4) is 0 Å². The van der Waals surface area contributed by atoms with E-state index in [9.17, 15) is 4.79 Å². The van der Waals surface area contributed by atoms with E-state index in [1.54, 1.807) is 30.5 Å². The van der Waals surface area contributed by atoms with Gasteiger partial charge in [0.25, 0.3) is 5.91 Å². The minimum Gasteiger partial charge on any atom is -0.307 e. The smallest absolute Gasteiger partial charge is 0.256 e. The van der Waals surface area contributed by atoms with Crippen molar-refractivity contribution in [3.8, 4) is 0 Å². The van der Waals surface area contributed by atoms with Crippen LogP contribution in [0.2, 0.25) is 0 Å². The predicted molar refractivity (Wildman–Crippen MR) is 75.4 cm³/mol. The normalized spacial score (nSPS) is 9.39. The van der Waals surface area contributed by atoms with E-state index in [1.807, 2.05) is 18.2 Å². The number of hydrogen-bond acceptors (Lipinski definition) is 2. The molecule has 0 saturated heterocycles. The Kier molecular flexibility index (Phi) is 5.62. The summed E-state index contributed by atoms with van der Waals surface area (Å²) in [5, 5.41) is 2.71. The largest absolute Gasteiger partial charge is 0.307 e. The number of rotatable bonds is 3. The summed E-state index contributed by atoms with van der Waals surface area (Å²) in [5.74, 6) is 0.811. The van der Waals surface area contributed by atoms with Crippen LogP contribution >= 0.6 is 24.0 Å². The van der Waals surface area contributed by atoms with Crippen LogP contribution in [0.15, 0.2) is 48.7 Å². The van der Waals surface area contributed by atoms with Gasteiger partial charge in [0.05, 0.1) is 0 Å². The molecule has 94 valence electrons. The van der Waals surface area contributed by atoms with Crippen molar-refractivity contribution in [2.24, 2.45) is 0 Å². The predicted octanol–water partition coefficient (Wildman–Crippen LogP) is 3.49. The van der Waals surface area contributed by atoms with Crippen molar-refractivity contribution in [3.05, 3.63) is 59.8 Å². The molecule has 0 aliphatic carbocycles. The Hall–Kier alpha value is -1.58. The van der Waals surface area contributed by atoms with E-state index in [0.29, 0.717) is 17.3 Å². The van der Waals surface area contributed by atoms with Crippen molar-refractivity contribution in [1.29, 1.82) is 0 Å². The van der Waals surface area contributed by atoms with Crippen molar-refractivity contribution < 1.29 is 4.79 Å². The molecule has 1 amide bonds. The van der Waals surface area contributed by atoms with Gasteiger partial charge in [0, 0.05) is 17.6 Å². The highest BCUT2D eigenvalue weighted by Gasteiger charge is 2.05. The van der Waals surface area contributed by atoms with Gasteiger partial charge in [-0.1, -0.05) is 18.2 Å². The lowest BCUT2D eigenvalue weighted by Crippen LogP contribution is -2.12. The third-order valence-electron chi connectivity index (χ3n) is 2.28. The molecule has 0 radical (unpaired) electrons. The number of amides is 1. The average Bonchev–Trinajstić information content (AvgIpc) is 2.40. The summed E-state index contributed by atoms with van der Waals surface area (Å²) in [6.07, 6.45) is 1.63. The zero-order valence-electron chi connectivity index (χ0n) is 9.47. The Balaban J connectivity index is 0.00000162. The molecule has 18 heavy (non-hydrogen) atoms. The number of carbonyl (C=O) groups excluding carboxylic acids is 1. The van der Waals surface area contributed by atoms with E-state index in [-0.39, 0.29) is 18.3 Å². The minimum atomic E-state index is -0.176. The highest BCUT2D eigenvalue weighted by Crippen LogP contribution is 2.09. The second-order valence-electron chi connectivity index (χ2n) is 3.50. The SMILES string of the molecule is Cl.O=C(Nc1ccccn1)c1ccc(CCl)cc1. The number of carbonyl (C=O) groups is 1. The summed E-state index contributed by atoms with van der Waals surface area (Å²) >= 11 is 5.68. The van der Waals surface area contributed by atoms with E-state index < -0.39 is 0 Å². The van der Waals surface area contributed by atoms with Crippen LogP contribution < -0.4 is 5.32 Å². The molecule has 2 rings (SSSR count). The van der Waals surface area contributed by atoms with Crippen LogP contribution in [0, 0.1) is 0 Å². The van der Waals surface area contributed by atoms with Gasteiger partial charge in [0.15, 0.2) is 0 Å². The highest BCUT2D eigenvalue weighted by molar-refractivity contribution is 6.17. The average molecular weight is 283 g/mol. The molecular weight excluding hydrogens is 271 g/mol. The van der Waals surface area contributed by atoms with Crippen LogP contribution in [-0.4, -0.2) is 10.9 Å². The van der Waals surface area contributed by atoms with E-state index >= 15 is 0 Å². The molecule has 0 saturated carbocycles. The fourth-order valence-corrected chi connectivity index (χ4v) is 1.55. The first-order valence-electron chi connectivity index (χ1n) is 5.17. The van der Waals surface area contributed by atoms with Crippen LogP contribution in [0.5, 0.6) is 0 Å².